The Morgan fingerprint density at radius 3 is 2.12 bits per heavy atom. The Kier molecular flexibility index (Phi) is 14.1. The highest BCUT2D eigenvalue weighted by molar-refractivity contribution is 6.05. The number of furan rings is 1. The minimum atomic E-state index is 0.599. The van der Waals surface area contributed by atoms with Crippen LogP contribution in [-0.2, 0) is 6.54 Å². The summed E-state index contributed by atoms with van der Waals surface area (Å²) in [6.07, 6.45) is 7.79. The van der Waals surface area contributed by atoms with Crippen LogP contribution >= 0.6 is 0 Å². The minimum Gasteiger partial charge on any atom is -0.492 e. The number of rotatable bonds is 12. The zero-order chi connectivity index (χ0) is 34.3. The van der Waals surface area contributed by atoms with Crippen LogP contribution in [0.15, 0.2) is 95.7 Å². The lowest BCUT2D eigenvalue weighted by molar-refractivity contribution is 0.174. The van der Waals surface area contributed by atoms with E-state index in [1.54, 1.807) is 6.33 Å². The van der Waals surface area contributed by atoms with Crippen molar-refractivity contribution in [1.29, 1.82) is 0 Å². The SMILES string of the molecule is CC.CC.c1ccc(CN2CCC(CCNc3ncnc4oc(-c5ccc(OCCN6CCCC6)cc5)c(-c5ccccc5)c34)CC2)cc1. The van der Waals surface area contributed by atoms with Gasteiger partial charge >= 0.3 is 0 Å². The van der Waals surface area contributed by atoms with Crippen LogP contribution in [-0.4, -0.2) is 65.6 Å². The lowest BCUT2D eigenvalue weighted by Gasteiger charge is -2.32. The summed E-state index contributed by atoms with van der Waals surface area (Å²) in [4.78, 5) is 14.3. The van der Waals surface area contributed by atoms with Crippen molar-refractivity contribution in [2.75, 3.05) is 51.2 Å². The molecule has 3 aromatic carbocycles. The molecule has 5 aromatic rings. The molecule has 2 fully saturated rings. The number of benzene rings is 3. The van der Waals surface area contributed by atoms with Crippen LogP contribution in [0.2, 0.25) is 0 Å². The van der Waals surface area contributed by atoms with Crippen molar-refractivity contribution in [2.45, 2.75) is 66.3 Å². The van der Waals surface area contributed by atoms with Crippen LogP contribution in [0.5, 0.6) is 5.75 Å². The molecule has 0 radical (unpaired) electrons. The highest BCUT2D eigenvalue weighted by Gasteiger charge is 2.23. The number of likely N-dealkylation sites (tertiary alicyclic amines) is 2. The van der Waals surface area contributed by atoms with Crippen molar-refractivity contribution in [3.8, 4) is 28.2 Å². The molecule has 2 aromatic heterocycles. The molecule has 2 aliphatic rings. The summed E-state index contributed by atoms with van der Waals surface area (Å²) in [6.45, 7) is 16.3. The third-order valence-corrected chi connectivity index (χ3v) is 9.34. The van der Waals surface area contributed by atoms with Crippen LogP contribution in [0.4, 0.5) is 5.82 Å². The van der Waals surface area contributed by atoms with Gasteiger partial charge in [-0.1, -0.05) is 88.4 Å². The van der Waals surface area contributed by atoms with Crippen LogP contribution in [0.3, 0.4) is 0 Å². The molecule has 7 nitrogen and oxygen atoms in total. The van der Waals surface area contributed by atoms with Gasteiger partial charge in [-0.05, 0) is 99.6 Å². The van der Waals surface area contributed by atoms with Gasteiger partial charge in [0.1, 0.15) is 30.3 Å². The van der Waals surface area contributed by atoms with E-state index in [-0.39, 0.29) is 0 Å². The van der Waals surface area contributed by atoms with Crippen molar-refractivity contribution >= 4 is 16.9 Å². The molecule has 2 saturated heterocycles. The fourth-order valence-electron chi connectivity index (χ4n) is 6.82. The zero-order valence-electron chi connectivity index (χ0n) is 30.0. The minimum absolute atomic E-state index is 0.599. The number of hydrogen-bond acceptors (Lipinski definition) is 7. The molecule has 0 spiro atoms. The molecule has 4 heterocycles. The Morgan fingerprint density at radius 2 is 1.43 bits per heavy atom. The van der Waals surface area contributed by atoms with Gasteiger partial charge in [-0.3, -0.25) is 9.80 Å². The Labute approximate surface area is 293 Å². The van der Waals surface area contributed by atoms with Crippen molar-refractivity contribution in [3.05, 3.63) is 96.8 Å². The second kappa shape index (κ2) is 19.1. The topological polar surface area (TPSA) is 66.7 Å². The fraction of sp³-hybridized carbons (Fsp3) is 0.429. The molecule has 7 rings (SSSR count). The average molecular weight is 662 g/mol. The molecule has 0 unspecified atom stereocenters. The lowest BCUT2D eigenvalue weighted by Crippen LogP contribution is -2.33. The first-order valence-electron chi connectivity index (χ1n) is 18.6. The Hall–Kier alpha value is -4.20. The predicted octanol–water partition coefficient (Wildman–Crippen LogP) is 9.80. The number of fused-ring (bicyclic) bond motifs is 1. The summed E-state index contributed by atoms with van der Waals surface area (Å²) in [5.41, 5.74) is 5.09. The standard InChI is InChI=1S/C38H43N5O2.2C2H6/c1-3-9-30(10-4-1)27-43-23-18-29(19-24-43)17-20-39-37-35-34(31-11-5-2-6-12-31)36(45-38(35)41-28-40-37)32-13-15-33(16-14-32)44-26-25-42-21-7-8-22-42;2*1-2/h1-6,9-16,28-29H,7-8,17-27H2,(H,39,40,41);2*1-2H3. The molecule has 0 amide bonds. The Morgan fingerprint density at radius 1 is 0.755 bits per heavy atom. The van der Waals surface area contributed by atoms with Gasteiger partial charge < -0.3 is 14.5 Å². The summed E-state index contributed by atoms with van der Waals surface area (Å²) in [5.74, 6) is 3.22. The van der Waals surface area contributed by atoms with Crippen molar-refractivity contribution in [1.82, 2.24) is 19.8 Å². The molecule has 0 bridgehead atoms. The summed E-state index contributed by atoms with van der Waals surface area (Å²) < 4.78 is 12.6. The maximum Gasteiger partial charge on any atom is 0.232 e. The number of anilines is 1. The molecule has 1 N–H and O–H groups in total. The molecule has 0 aliphatic carbocycles. The number of ether oxygens (including phenoxy) is 1. The first-order valence-corrected chi connectivity index (χ1v) is 18.6. The predicted molar refractivity (Wildman–Crippen MR) is 204 cm³/mol. The van der Waals surface area contributed by atoms with E-state index in [0.29, 0.717) is 18.2 Å². The summed E-state index contributed by atoms with van der Waals surface area (Å²) in [5, 5.41) is 4.60. The highest BCUT2D eigenvalue weighted by atomic mass is 16.5. The van der Waals surface area contributed by atoms with Gasteiger partial charge in [0.05, 0.1) is 5.39 Å². The molecular formula is C42H55N5O2. The van der Waals surface area contributed by atoms with Gasteiger partial charge in [0.25, 0.3) is 0 Å². The van der Waals surface area contributed by atoms with E-state index in [2.05, 4.69) is 86.8 Å². The van der Waals surface area contributed by atoms with Crippen molar-refractivity contribution < 1.29 is 9.15 Å². The normalized spacial score (nSPS) is 15.3. The lowest BCUT2D eigenvalue weighted by atomic mass is 9.93. The van der Waals surface area contributed by atoms with Crippen molar-refractivity contribution in [2.24, 2.45) is 5.92 Å². The Bertz CT molecular complexity index is 1640. The fourth-order valence-corrected chi connectivity index (χ4v) is 6.82. The highest BCUT2D eigenvalue weighted by Crippen LogP contribution is 2.43. The van der Waals surface area contributed by atoms with Crippen LogP contribution in [0.25, 0.3) is 33.6 Å². The van der Waals surface area contributed by atoms with Gasteiger partial charge in [0, 0.05) is 30.8 Å². The number of aromatic nitrogens is 2. The summed E-state index contributed by atoms with van der Waals surface area (Å²) in [7, 11) is 0. The third-order valence-electron chi connectivity index (χ3n) is 9.34. The van der Waals surface area contributed by atoms with Crippen LogP contribution < -0.4 is 10.1 Å². The van der Waals surface area contributed by atoms with E-state index in [1.807, 2.05) is 45.9 Å². The molecule has 2 aliphatic heterocycles. The van der Waals surface area contributed by atoms with Gasteiger partial charge in [0.15, 0.2) is 0 Å². The zero-order valence-corrected chi connectivity index (χ0v) is 30.0. The largest absolute Gasteiger partial charge is 0.492 e. The molecular weight excluding hydrogens is 606 g/mol. The van der Waals surface area contributed by atoms with Crippen molar-refractivity contribution in [3.63, 3.8) is 0 Å². The van der Waals surface area contributed by atoms with E-state index in [4.69, 9.17) is 14.1 Å². The van der Waals surface area contributed by atoms with Gasteiger partial charge in [-0.15, -0.1) is 0 Å². The molecule has 49 heavy (non-hydrogen) atoms. The number of hydrogen-bond donors (Lipinski definition) is 1. The van der Waals surface area contributed by atoms with Gasteiger partial charge in [-0.25, -0.2) is 9.97 Å². The van der Waals surface area contributed by atoms with E-state index >= 15 is 0 Å². The van der Waals surface area contributed by atoms with E-state index < -0.39 is 0 Å². The maximum absolute atomic E-state index is 6.48. The van der Waals surface area contributed by atoms with Crippen LogP contribution in [0, 0.1) is 5.92 Å². The number of nitrogens with one attached hydrogen (secondary N) is 1. The van der Waals surface area contributed by atoms with Crippen LogP contribution in [0.1, 0.15) is 65.4 Å². The second-order valence-corrected chi connectivity index (χ2v) is 12.4. The van der Waals surface area contributed by atoms with Gasteiger partial charge in [0.2, 0.25) is 5.71 Å². The third kappa shape index (κ3) is 9.71. The monoisotopic (exact) mass is 661 g/mol. The molecule has 260 valence electrons. The first kappa shape index (κ1) is 36.1. The summed E-state index contributed by atoms with van der Waals surface area (Å²) in [6, 6.07) is 29.5. The molecule has 7 heteroatoms. The average Bonchev–Trinajstić information content (AvgIpc) is 3.84. The quantitative estimate of drug-likeness (QED) is 0.143. The molecule has 0 atom stereocenters. The van der Waals surface area contributed by atoms with E-state index in [9.17, 15) is 0 Å². The molecule has 0 saturated carbocycles. The van der Waals surface area contributed by atoms with E-state index in [0.717, 1.165) is 78.5 Å². The number of nitrogens with zero attached hydrogens (tertiary/aromatic N) is 4. The maximum atomic E-state index is 6.48. The Balaban J connectivity index is 0.00000113. The smallest absolute Gasteiger partial charge is 0.232 e. The van der Waals surface area contributed by atoms with E-state index in [1.165, 1.54) is 44.3 Å². The van der Waals surface area contributed by atoms with Gasteiger partial charge in [-0.2, -0.15) is 0 Å². The number of piperidine rings is 1. The summed E-state index contributed by atoms with van der Waals surface area (Å²) >= 11 is 0. The first-order chi connectivity index (χ1) is 24.3. The second-order valence-electron chi connectivity index (χ2n) is 12.4.